The lowest BCUT2D eigenvalue weighted by Gasteiger charge is -2.00. The summed E-state index contributed by atoms with van der Waals surface area (Å²) in [6, 6.07) is 0. The summed E-state index contributed by atoms with van der Waals surface area (Å²) in [5, 5.41) is -0.146. The van der Waals surface area contributed by atoms with Crippen LogP contribution in [0.5, 0.6) is 0 Å². The van der Waals surface area contributed by atoms with Crippen LogP contribution in [0.25, 0.3) is 0 Å². The number of allylic oxidation sites excluding steroid dienone is 1. The first-order valence-corrected chi connectivity index (χ1v) is 3.72. The lowest BCUT2D eigenvalue weighted by Crippen LogP contribution is -2.21. The van der Waals surface area contributed by atoms with E-state index < -0.39 is 12.0 Å². The molecule has 0 aromatic heterocycles. The highest BCUT2D eigenvalue weighted by Gasteiger charge is 2.36. The Kier molecular flexibility index (Phi) is 3.44. The highest BCUT2D eigenvalue weighted by atomic mass is 32.2. The van der Waals surface area contributed by atoms with Crippen LogP contribution in [0.3, 0.4) is 0 Å². The molecule has 0 aliphatic carbocycles. The number of hydrogen-bond donors (Lipinski definition) is 1. The maximum atomic E-state index is 11.5. The molecule has 0 radical (unpaired) electrons. The van der Waals surface area contributed by atoms with Gasteiger partial charge >= 0.3 is 6.18 Å². The van der Waals surface area contributed by atoms with Crippen molar-refractivity contribution in [3.8, 4) is 0 Å². The molecule has 0 fully saturated rings. The van der Waals surface area contributed by atoms with Gasteiger partial charge in [0.25, 0.3) is 5.78 Å². The molecule has 2 N–H and O–H groups in total. The summed E-state index contributed by atoms with van der Waals surface area (Å²) in [6.45, 7) is 0. The molecule has 64 valence electrons. The van der Waals surface area contributed by atoms with Crippen molar-refractivity contribution in [2.45, 2.75) is 6.18 Å². The summed E-state index contributed by atoms with van der Waals surface area (Å²) in [7, 11) is 0. The summed E-state index contributed by atoms with van der Waals surface area (Å²) in [5.74, 6) is -1.93. The van der Waals surface area contributed by atoms with E-state index in [1.165, 1.54) is 6.26 Å². The van der Waals surface area contributed by atoms with Gasteiger partial charge in [0.1, 0.15) is 0 Å². The number of carbonyl (C=O) groups is 1. The van der Waals surface area contributed by atoms with Crippen LogP contribution >= 0.6 is 11.8 Å². The summed E-state index contributed by atoms with van der Waals surface area (Å²) in [4.78, 5) is 10.1. The van der Waals surface area contributed by atoms with Gasteiger partial charge in [-0.1, -0.05) is 0 Å². The number of halogens is 3. The Morgan fingerprint density at radius 2 is 2.00 bits per heavy atom. The molecule has 11 heavy (non-hydrogen) atoms. The summed E-state index contributed by atoms with van der Waals surface area (Å²) in [6.07, 6.45) is -2.97. The summed E-state index contributed by atoms with van der Waals surface area (Å²) < 4.78 is 34.5. The van der Waals surface area contributed by atoms with E-state index in [9.17, 15) is 18.0 Å². The van der Waals surface area contributed by atoms with Crippen molar-refractivity contribution in [1.82, 2.24) is 0 Å². The first-order valence-electron chi connectivity index (χ1n) is 2.50. The Morgan fingerprint density at radius 3 is 2.27 bits per heavy atom. The molecule has 2 nitrogen and oxygen atoms in total. The van der Waals surface area contributed by atoms with E-state index in [1.54, 1.807) is 0 Å². The first kappa shape index (κ1) is 10.3. The molecule has 6 heteroatoms. The van der Waals surface area contributed by atoms with Crippen LogP contribution in [0.1, 0.15) is 0 Å². The van der Waals surface area contributed by atoms with Gasteiger partial charge in [-0.05, 0) is 6.26 Å². The second-order valence-corrected chi connectivity index (χ2v) is 2.49. The van der Waals surface area contributed by atoms with Gasteiger partial charge in [0.05, 0.1) is 5.03 Å². The van der Waals surface area contributed by atoms with Crippen LogP contribution < -0.4 is 5.73 Å². The van der Waals surface area contributed by atoms with E-state index in [4.69, 9.17) is 5.73 Å². The average molecular weight is 185 g/mol. The zero-order valence-electron chi connectivity index (χ0n) is 5.61. The minimum Gasteiger partial charge on any atom is -0.393 e. The third-order valence-corrected chi connectivity index (χ3v) is 1.38. The lowest BCUT2D eigenvalue weighted by atomic mass is 10.4. The van der Waals surface area contributed by atoms with Crippen molar-refractivity contribution in [2.75, 3.05) is 6.26 Å². The zero-order valence-corrected chi connectivity index (χ0v) is 6.42. The van der Waals surface area contributed by atoms with Gasteiger partial charge in [0.15, 0.2) is 0 Å². The Labute approximate surface area is 65.6 Å². The van der Waals surface area contributed by atoms with E-state index >= 15 is 0 Å². The molecule has 0 aliphatic rings. The molecule has 0 aromatic carbocycles. The van der Waals surface area contributed by atoms with Gasteiger partial charge in [-0.15, -0.1) is 11.8 Å². The monoisotopic (exact) mass is 185 g/mol. The Balaban J connectivity index is 4.30. The van der Waals surface area contributed by atoms with Gasteiger partial charge in [-0.3, -0.25) is 4.79 Å². The number of hydrogen-bond acceptors (Lipinski definition) is 3. The maximum absolute atomic E-state index is 11.5. The van der Waals surface area contributed by atoms with Crippen LogP contribution in [0, 0.1) is 0 Å². The normalized spacial score (nSPS) is 13.3. The van der Waals surface area contributed by atoms with Gasteiger partial charge in [-0.25, -0.2) is 0 Å². The third-order valence-electron chi connectivity index (χ3n) is 0.788. The molecular weight excluding hydrogens is 179 g/mol. The van der Waals surface area contributed by atoms with Crippen LogP contribution in [-0.2, 0) is 4.79 Å². The zero-order chi connectivity index (χ0) is 9.07. The summed E-state index contributed by atoms with van der Waals surface area (Å²) >= 11 is 0.887. The van der Waals surface area contributed by atoms with Gasteiger partial charge < -0.3 is 5.73 Å². The van der Waals surface area contributed by atoms with Gasteiger partial charge in [0.2, 0.25) is 0 Å². The SMILES string of the molecule is CS/C(N)=C/C(=O)C(F)(F)F. The van der Waals surface area contributed by atoms with Gasteiger partial charge in [-0.2, -0.15) is 13.2 Å². The minimum absolute atomic E-state index is 0.146. The first-order chi connectivity index (χ1) is 4.88. The van der Waals surface area contributed by atoms with Crippen molar-refractivity contribution in [2.24, 2.45) is 5.73 Å². The predicted molar refractivity (Wildman–Crippen MR) is 36.8 cm³/mol. The topological polar surface area (TPSA) is 43.1 Å². The molecule has 0 unspecified atom stereocenters. The van der Waals surface area contributed by atoms with Gasteiger partial charge in [0, 0.05) is 6.08 Å². The van der Waals surface area contributed by atoms with Crippen molar-refractivity contribution in [3.63, 3.8) is 0 Å². The third kappa shape index (κ3) is 3.92. The van der Waals surface area contributed by atoms with Crippen molar-refractivity contribution >= 4 is 17.5 Å². The van der Waals surface area contributed by atoms with Crippen LogP contribution in [0.15, 0.2) is 11.1 Å². The van der Waals surface area contributed by atoms with Crippen LogP contribution in [0.4, 0.5) is 13.2 Å². The number of rotatable bonds is 2. The number of alkyl halides is 3. The Bertz CT molecular complexity index is 187. The Hall–Kier alpha value is -0.650. The fourth-order valence-electron chi connectivity index (χ4n) is 0.270. The quantitative estimate of drug-likeness (QED) is 0.659. The van der Waals surface area contributed by atoms with E-state index in [2.05, 4.69) is 0 Å². The number of nitrogens with two attached hydrogens (primary N) is 1. The van der Waals surface area contributed by atoms with E-state index in [0.29, 0.717) is 6.08 Å². The number of ketones is 1. The van der Waals surface area contributed by atoms with E-state index in [0.717, 1.165) is 11.8 Å². The molecule has 0 bridgehead atoms. The van der Waals surface area contributed by atoms with Crippen LogP contribution in [-0.4, -0.2) is 18.2 Å². The second-order valence-electron chi connectivity index (χ2n) is 1.61. The van der Waals surface area contributed by atoms with Crippen molar-refractivity contribution in [1.29, 1.82) is 0 Å². The average Bonchev–Trinajstić information content (AvgIpc) is 1.85. The largest absolute Gasteiger partial charge is 0.454 e. The number of thioether (sulfide) groups is 1. The van der Waals surface area contributed by atoms with Crippen LogP contribution in [0.2, 0.25) is 0 Å². The molecule has 0 saturated carbocycles. The van der Waals surface area contributed by atoms with Crippen molar-refractivity contribution < 1.29 is 18.0 Å². The molecule has 0 amide bonds. The highest BCUT2D eigenvalue weighted by molar-refractivity contribution is 8.02. The molecule has 0 atom stereocenters. The molecule has 0 aliphatic heterocycles. The molecule has 0 heterocycles. The fourth-order valence-corrected chi connectivity index (χ4v) is 0.495. The highest BCUT2D eigenvalue weighted by Crippen LogP contribution is 2.18. The smallest absolute Gasteiger partial charge is 0.393 e. The molecule has 0 rings (SSSR count). The minimum atomic E-state index is -4.82. The van der Waals surface area contributed by atoms with Crippen molar-refractivity contribution in [3.05, 3.63) is 11.1 Å². The summed E-state index contributed by atoms with van der Waals surface area (Å²) in [5.41, 5.74) is 4.97. The molecule has 0 aromatic rings. The fraction of sp³-hybridized carbons (Fsp3) is 0.400. The number of carbonyl (C=O) groups excluding carboxylic acids is 1. The predicted octanol–water partition coefficient (Wildman–Crippen LogP) is 1.28. The molecular formula is C5H6F3NOS. The lowest BCUT2D eigenvalue weighted by molar-refractivity contribution is -0.165. The second kappa shape index (κ2) is 3.66. The standard InChI is InChI=1S/C5H6F3NOS/c1-11-4(9)2-3(10)5(6,7)8/h2H,9H2,1H3/b4-2+. The van der Waals surface area contributed by atoms with E-state index in [1.807, 2.05) is 0 Å². The Morgan fingerprint density at radius 1 is 1.55 bits per heavy atom. The molecule has 0 spiro atoms. The molecule has 0 saturated heterocycles. The maximum Gasteiger partial charge on any atom is 0.454 e. The van der Waals surface area contributed by atoms with E-state index in [-0.39, 0.29) is 5.03 Å².